The molecule has 1 saturated heterocycles. The lowest BCUT2D eigenvalue weighted by atomic mass is 9.52. The van der Waals surface area contributed by atoms with Gasteiger partial charge in [0.2, 0.25) is 11.8 Å². The fourth-order valence-corrected chi connectivity index (χ4v) is 7.54. The second-order valence-corrected chi connectivity index (χ2v) is 11.1. The van der Waals surface area contributed by atoms with Gasteiger partial charge in [0, 0.05) is 26.2 Å². The Morgan fingerprint density at radius 3 is 2.19 bits per heavy atom. The number of hydrogen-bond donors (Lipinski definition) is 0. The molecule has 5 aliphatic rings. The van der Waals surface area contributed by atoms with Gasteiger partial charge in [0.15, 0.2) is 0 Å². The van der Waals surface area contributed by atoms with Crippen LogP contribution in [0.5, 0.6) is 0 Å². The third-order valence-corrected chi connectivity index (χ3v) is 8.56. The van der Waals surface area contributed by atoms with Crippen molar-refractivity contribution in [2.45, 2.75) is 69.5 Å². The van der Waals surface area contributed by atoms with Crippen LogP contribution in [0.1, 0.15) is 56.9 Å². The molecule has 6 heteroatoms. The summed E-state index contributed by atoms with van der Waals surface area (Å²) in [6.45, 7) is 1.62. The van der Waals surface area contributed by atoms with Gasteiger partial charge in [-0.2, -0.15) is 0 Å². The van der Waals surface area contributed by atoms with Crippen molar-refractivity contribution in [2.24, 2.45) is 17.8 Å². The molecule has 2 amide bonds. The predicted molar refractivity (Wildman–Crippen MR) is 121 cm³/mol. The zero-order valence-electron chi connectivity index (χ0n) is 19.4. The first-order valence-electron chi connectivity index (χ1n) is 12.3. The van der Waals surface area contributed by atoms with E-state index in [0.29, 0.717) is 13.1 Å². The van der Waals surface area contributed by atoms with E-state index in [9.17, 15) is 14.0 Å². The lowest BCUT2D eigenvalue weighted by Crippen LogP contribution is -2.62. The topological polar surface area (TPSA) is 43.9 Å². The summed E-state index contributed by atoms with van der Waals surface area (Å²) in [5.74, 6) is 2.19. The van der Waals surface area contributed by atoms with Crippen molar-refractivity contribution >= 4 is 11.8 Å². The normalized spacial score (nSPS) is 33.5. The van der Waals surface area contributed by atoms with Crippen LogP contribution in [0, 0.1) is 23.6 Å². The highest BCUT2D eigenvalue weighted by molar-refractivity contribution is 5.84. The van der Waals surface area contributed by atoms with E-state index >= 15 is 0 Å². The summed E-state index contributed by atoms with van der Waals surface area (Å²) < 4.78 is 13.5. The van der Waals surface area contributed by atoms with Crippen LogP contribution in [0.3, 0.4) is 0 Å². The zero-order valence-corrected chi connectivity index (χ0v) is 19.4. The fourth-order valence-electron chi connectivity index (χ4n) is 7.54. The van der Waals surface area contributed by atoms with E-state index < -0.39 is 0 Å². The van der Waals surface area contributed by atoms with E-state index in [1.807, 2.05) is 12.1 Å². The third kappa shape index (κ3) is 4.07. The minimum absolute atomic E-state index is 0.0685. The van der Waals surface area contributed by atoms with Gasteiger partial charge in [-0.1, -0.05) is 12.1 Å². The van der Waals surface area contributed by atoms with E-state index in [1.54, 1.807) is 19.0 Å². The molecule has 4 saturated carbocycles. The maximum atomic E-state index is 13.9. The van der Waals surface area contributed by atoms with Crippen LogP contribution < -0.4 is 0 Å². The quantitative estimate of drug-likeness (QED) is 0.677. The van der Waals surface area contributed by atoms with Gasteiger partial charge >= 0.3 is 0 Å². The summed E-state index contributed by atoms with van der Waals surface area (Å²) >= 11 is 0. The van der Waals surface area contributed by atoms with Crippen molar-refractivity contribution in [1.82, 2.24) is 14.7 Å². The first kappa shape index (κ1) is 21.9. The first-order chi connectivity index (χ1) is 15.3. The van der Waals surface area contributed by atoms with Crippen LogP contribution in [0.15, 0.2) is 24.3 Å². The van der Waals surface area contributed by atoms with Crippen LogP contribution in [-0.2, 0) is 16.1 Å². The second-order valence-electron chi connectivity index (χ2n) is 11.1. The number of benzene rings is 1. The molecular formula is C26H36FN3O2. The van der Waals surface area contributed by atoms with Crippen LogP contribution >= 0.6 is 0 Å². The molecule has 4 bridgehead atoms. The molecule has 1 aromatic carbocycles. The maximum absolute atomic E-state index is 13.9. The largest absolute Gasteiger partial charge is 0.347 e. The lowest BCUT2D eigenvalue weighted by molar-refractivity contribution is -0.154. The molecule has 0 N–H and O–H groups in total. The summed E-state index contributed by atoms with van der Waals surface area (Å²) in [7, 11) is 3.58. The monoisotopic (exact) mass is 441 g/mol. The molecule has 32 heavy (non-hydrogen) atoms. The van der Waals surface area contributed by atoms with Crippen LogP contribution in [0.25, 0.3) is 0 Å². The molecule has 5 nitrogen and oxygen atoms in total. The van der Waals surface area contributed by atoms with Crippen molar-refractivity contribution in [3.8, 4) is 0 Å². The summed E-state index contributed by atoms with van der Waals surface area (Å²) in [6.07, 6.45) is 9.05. The van der Waals surface area contributed by atoms with Crippen molar-refractivity contribution < 1.29 is 14.0 Å². The van der Waals surface area contributed by atoms with Crippen molar-refractivity contribution in [3.05, 3.63) is 35.6 Å². The van der Waals surface area contributed by atoms with Crippen molar-refractivity contribution in [2.75, 3.05) is 27.2 Å². The molecule has 174 valence electrons. The molecule has 1 aliphatic heterocycles. The van der Waals surface area contributed by atoms with Crippen LogP contribution in [0.2, 0.25) is 0 Å². The number of halogens is 1. The van der Waals surface area contributed by atoms with Gasteiger partial charge in [0.25, 0.3) is 0 Å². The molecule has 0 spiro atoms. The lowest BCUT2D eigenvalue weighted by Gasteiger charge is -2.60. The van der Waals surface area contributed by atoms with E-state index in [2.05, 4.69) is 9.80 Å². The predicted octanol–water partition coefficient (Wildman–Crippen LogP) is 3.68. The molecular weight excluding hydrogens is 405 g/mol. The number of carbonyl (C=O) groups excluding carboxylic acids is 2. The van der Waals surface area contributed by atoms with E-state index in [-0.39, 0.29) is 29.2 Å². The van der Waals surface area contributed by atoms with Crippen molar-refractivity contribution in [3.63, 3.8) is 0 Å². The Bertz CT molecular complexity index is 833. The summed E-state index contributed by atoms with van der Waals surface area (Å²) in [6, 6.07) is 6.40. The Morgan fingerprint density at radius 2 is 1.62 bits per heavy atom. The van der Waals surface area contributed by atoms with E-state index in [1.165, 1.54) is 31.4 Å². The van der Waals surface area contributed by atoms with Crippen LogP contribution in [-0.4, -0.2) is 65.3 Å². The summed E-state index contributed by atoms with van der Waals surface area (Å²) in [5, 5.41) is 0. The van der Waals surface area contributed by atoms with Gasteiger partial charge in [-0.25, -0.2) is 4.39 Å². The number of likely N-dealkylation sites (tertiary alicyclic amines) is 1. The first-order valence-corrected chi connectivity index (χ1v) is 12.3. The molecule has 0 unspecified atom stereocenters. The zero-order chi connectivity index (χ0) is 22.5. The highest BCUT2D eigenvalue weighted by atomic mass is 19.1. The van der Waals surface area contributed by atoms with Gasteiger partial charge in [0.1, 0.15) is 5.82 Å². The Labute approximate surface area is 190 Å². The average Bonchev–Trinajstić information content (AvgIpc) is 3.19. The van der Waals surface area contributed by atoms with Crippen LogP contribution in [0.4, 0.5) is 4.39 Å². The maximum Gasteiger partial charge on any atom is 0.239 e. The average molecular weight is 442 g/mol. The molecule has 5 fully saturated rings. The molecule has 6 rings (SSSR count). The standard InChI is InChI=1S/C26H36FN3O2/c1-28(2)25(32)23-4-3-9-29(23)17-24(31)30(16-18-5-7-22(27)8-6-18)26-13-19-10-20(14-26)12-21(11-19)15-26/h5-8,19-21,23H,3-4,9-17H2,1-2H3/t19?,20?,21?,23-,26?/m1/s1. The Morgan fingerprint density at radius 1 is 1.03 bits per heavy atom. The van der Waals surface area contributed by atoms with Crippen molar-refractivity contribution in [1.29, 1.82) is 0 Å². The highest BCUT2D eigenvalue weighted by Gasteiger charge is 2.54. The minimum atomic E-state index is -0.247. The molecule has 4 aliphatic carbocycles. The van der Waals surface area contributed by atoms with Gasteiger partial charge in [-0.3, -0.25) is 14.5 Å². The summed E-state index contributed by atoms with van der Waals surface area (Å²) in [5.41, 5.74) is 0.916. The van der Waals surface area contributed by atoms with E-state index in [4.69, 9.17) is 0 Å². The molecule has 1 aromatic rings. The highest BCUT2D eigenvalue weighted by Crippen LogP contribution is 2.58. The number of hydrogen-bond acceptors (Lipinski definition) is 3. The smallest absolute Gasteiger partial charge is 0.239 e. The molecule has 0 radical (unpaired) electrons. The number of nitrogens with zero attached hydrogens (tertiary/aromatic N) is 3. The molecule has 0 aromatic heterocycles. The third-order valence-electron chi connectivity index (χ3n) is 8.56. The molecule has 1 atom stereocenters. The van der Waals surface area contributed by atoms with Gasteiger partial charge in [0.05, 0.1) is 12.6 Å². The number of amides is 2. The Hall–Kier alpha value is -1.95. The Balaban J connectivity index is 1.40. The number of rotatable bonds is 6. The van der Waals surface area contributed by atoms with E-state index in [0.717, 1.165) is 62.0 Å². The SMILES string of the molecule is CN(C)C(=O)[C@H]1CCCN1CC(=O)N(Cc1ccc(F)cc1)C12CC3CC(CC(C3)C1)C2. The second kappa shape index (κ2) is 8.44. The fraction of sp³-hybridized carbons (Fsp3) is 0.692. The van der Waals surface area contributed by atoms with Gasteiger partial charge < -0.3 is 9.80 Å². The minimum Gasteiger partial charge on any atom is -0.347 e. The number of carbonyl (C=O) groups is 2. The number of likely N-dealkylation sites (N-methyl/N-ethyl adjacent to an activating group) is 1. The summed E-state index contributed by atoms with van der Waals surface area (Å²) in [4.78, 5) is 32.5. The van der Waals surface area contributed by atoms with Gasteiger partial charge in [-0.15, -0.1) is 0 Å². The molecule has 1 heterocycles. The Kier molecular flexibility index (Phi) is 5.77. The van der Waals surface area contributed by atoms with Gasteiger partial charge in [-0.05, 0) is 93.4 Å².